The maximum atomic E-state index is 16.8. The Kier molecular flexibility index (Phi) is 3.88. The predicted octanol–water partition coefficient (Wildman–Crippen LogP) is 2.37. The molecule has 0 heterocycles. The molecule has 4 rings (SSSR count). The van der Waals surface area contributed by atoms with Gasteiger partial charge in [-0.2, -0.15) is 0 Å². The molecular formula is C21H26F2O5. The van der Waals surface area contributed by atoms with Crippen LogP contribution in [0.25, 0.3) is 0 Å². The Morgan fingerprint density at radius 2 is 1.89 bits per heavy atom. The van der Waals surface area contributed by atoms with Crippen molar-refractivity contribution in [1.82, 2.24) is 0 Å². The molecule has 0 aromatic carbocycles. The summed E-state index contributed by atoms with van der Waals surface area (Å²) in [6, 6.07) is 0. The standard InChI is InChI=1S/C21H26F2O5/c1-10-6-12-13-8-15(22)14-7-11(24)4-5-18(14,2)20(13,23)16(25)9-19(12,3)21(10,28)17(26)27/h4-5,7,10,12-13,15-16,25,28H,6,8-9H2,1-3H3,(H,26,27)/t10-,12-,13-,15-,16-,18-,19-,20-,21-/m0/s1. The minimum absolute atomic E-state index is 0.0287. The van der Waals surface area contributed by atoms with Crippen molar-refractivity contribution in [3.05, 3.63) is 23.8 Å². The van der Waals surface area contributed by atoms with E-state index < -0.39 is 63.9 Å². The van der Waals surface area contributed by atoms with E-state index in [-0.39, 0.29) is 24.8 Å². The zero-order valence-electron chi connectivity index (χ0n) is 16.2. The van der Waals surface area contributed by atoms with Gasteiger partial charge in [-0.15, -0.1) is 0 Å². The molecule has 7 heteroatoms. The zero-order chi connectivity index (χ0) is 20.9. The van der Waals surface area contributed by atoms with E-state index in [9.17, 15) is 24.9 Å². The van der Waals surface area contributed by atoms with E-state index in [1.165, 1.54) is 19.1 Å². The molecule has 9 atom stereocenters. The number of rotatable bonds is 1. The molecule has 3 N–H and O–H groups in total. The lowest BCUT2D eigenvalue weighted by atomic mass is 9.44. The highest BCUT2D eigenvalue weighted by atomic mass is 19.1. The van der Waals surface area contributed by atoms with E-state index in [0.717, 1.165) is 6.08 Å². The van der Waals surface area contributed by atoms with Gasteiger partial charge in [0.05, 0.1) is 6.10 Å². The molecule has 154 valence electrons. The first-order valence-corrected chi connectivity index (χ1v) is 9.76. The van der Waals surface area contributed by atoms with Crippen molar-refractivity contribution in [3.63, 3.8) is 0 Å². The summed E-state index contributed by atoms with van der Waals surface area (Å²) >= 11 is 0. The van der Waals surface area contributed by atoms with Gasteiger partial charge in [-0.25, -0.2) is 13.6 Å². The molecule has 0 bridgehead atoms. The van der Waals surface area contributed by atoms with Crippen molar-refractivity contribution in [1.29, 1.82) is 0 Å². The third kappa shape index (κ3) is 1.92. The lowest BCUT2D eigenvalue weighted by Gasteiger charge is -2.62. The van der Waals surface area contributed by atoms with Gasteiger partial charge >= 0.3 is 5.97 Å². The molecular weight excluding hydrogens is 370 g/mol. The highest BCUT2D eigenvalue weighted by Gasteiger charge is 2.76. The van der Waals surface area contributed by atoms with Gasteiger partial charge < -0.3 is 15.3 Å². The maximum absolute atomic E-state index is 16.8. The first kappa shape index (κ1) is 19.7. The second-order valence-electron chi connectivity index (χ2n) is 9.57. The van der Waals surface area contributed by atoms with Gasteiger partial charge in [0, 0.05) is 16.7 Å². The Morgan fingerprint density at radius 3 is 2.50 bits per heavy atom. The number of alkyl halides is 2. The van der Waals surface area contributed by atoms with Gasteiger partial charge in [0.15, 0.2) is 17.1 Å². The third-order valence-corrected chi connectivity index (χ3v) is 8.54. The monoisotopic (exact) mass is 396 g/mol. The van der Waals surface area contributed by atoms with E-state index in [4.69, 9.17) is 0 Å². The van der Waals surface area contributed by atoms with Crippen molar-refractivity contribution in [2.24, 2.45) is 28.6 Å². The van der Waals surface area contributed by atoms with Crippen molar-refractivity contribution < 1.29 is 33.7 Å². The molecule has 28 heavy (non-hydrogen) atoms. The molecule has 4 aliphatic rings. The number of allylic oxidation sites excluding steroid dienone is 4. The molecule has 0 aromatic rings. The summed E-state index contributed by atoms with van der Waals surface area (Å²) in [4.78, 5) is 23.7. The SMILES string of the molecule is C[C@H]1C[C@H]2[C@@H]3C[C@H](F)C4=CC(=O)C=C[C@]4(C)[C@@]3(F)[C@@H](O)C[C@]2(C)[C@@]1(O)C(=O)O. The molecule has 0 spiro atoms. The average Bonchev–Trinajstić information content (AvgIpc) is 2.81. The minimum atomic E-state index is -2.26. The minimum Gasteiger partial charge on any atom is -0.479 e. The summed E-state index contributed by atoms with van der Waals surface area (Å²) in [5.74, 6) is -4.07. The quantitative estimate of drug-likeness (QED) is 0.633. The predicted molar refractivity (Wildman–Crippen MR) is 95.8 cm³/mol. The molecule has 0 unspecified atom stereocenters. The fraction of sp³-hybridized carbons (Fsp3) is 0.714. The molecule has 4 aliphatic carbocycles. The summed E-state index contributed by atoms with van der Waals surface area (Å²) in [6.07, 6.45) is 0.214. The van der Waals surface area contributed by atoms with Gasteiger partial charge in [0.25, 0.3) is 0 Å². The summed E-state index contributed by atoms with van der Waals surface area (Å²) in [5.41, 5.74) is -7.14. The molecule has 0 aromatic heterocycles. The highest BCUT2D eigenvalue weighted by molar-refractivity contribution is 6.01. The van der Waals surface area contributed by atoms with Gasteiger partial charge in [0.2, 0.25) is 0 Å². The smallest absolute Gasteiger partial charge is 0.336 e. The maximum Gasteiger partial charge on any atom is 0.336 e. The molecule has 3 saturated carbocycles. The normalized spacial score (nSPS) is 55.2. The number of aliphatic hydroxyl groups is 2. The van der Waals surface area contributed by atoms with Crippen LogP contribution in [-0.2, 0) is 9.59 Å². The highest BCUT2D eigenvalue weighted by Crippen LogP contribution is 2.70. The molecule has 3 fully saturated rings. The molecule has 0 amide bonds. The Labute approximate surface area is 162 Å². The summed E-state index contributed by atoms with van der Waals surface area (Å²) in [6.45, 7) is 4.67. The molecule has 0 radical (unpaired) electrons. The summed E-state index contributed by atoms with van der Waals surface area (Å²) < 4.78 is 31.9. The van der Waals surface area contributed by atoms with Gasteiger partial charge in [-0.3, -0.25) is 4.79 Å². The topological polar surface area (TPSA) is 94.8 Å². The van der Waals surface area contributed by atoms with Crippen LogP contribution in [0, 0.1) is 28.6 Å². The molecule has 0 saturated heterocycles. The van der Waals surface area contributed by atoms with Crippen LogP contribution in [0.1, 0.15) is 40.0 Å². The molecule has 5 nitrogen and oxygen atoms in total. The summed E-state index contributed by atoms with van der Waals surface area (Å²) in [7, 11) is 0. The second kappa shape index (κ2) is 5.51. The van der Waals surface area contributed by atoms with Crippen molar-refractivity contribution in [2.45, 2.75) is 63.6 Å². The van der Waals surface area contributed by atoms with Crippen LogP contribution in [0.15, 0.2) is 23.8 Å². The van der Waals surface area contributed by atoms with Crippen molar-refractivity contribution in [3.8, 4) is 0 Å². The Balaban J connectivity index is 1.88. The Hall–Kier alpha value is -1.60. The Bertz CT molecular complexity index is 824. The molecule has 0 aliphatic heterocycles. The van der Waals surface area contributed by atoms with E-state index in [2.05, 4.69) is 0 Å². The number of hydrogen-bond acceptors (Lipinski definition) is 4. The third-order valence-electron chi connectivity index (χ3n) is 8.54. The van der Waals surface area contributed by atoms with Crippen LogP contribution in [0.4, 0.5) is 8.78 Å². The van der Waals surface area contributed by atoms with Crippen molar-refractivity contribution >= 4 is 11.8 Å². The number of aliphatic carboxylic acids is 1. The fourth-order valence-electron chi connectivity index (χ4n) is 7.00. The van der Waals surface area contributed by atoms with Crippen LogP contribution >= 0.6 is 0 Å². The fourth-order valence-corrected chi connectivity index (χ4v) is 7.00. The van der Waals surface area contributed by atoms with Crippen LogP contribution in [0.3, 0.4) is 0 Å². The lowest BCUT2D eigenvalue weighted by molar-refractivity contribution is -0.229. The van der Waals surface area contributed by atoms with Gasteiger partial charge in [-0.1, -0.05) is 19.9 Å². The number of carbonyl (C=O) groups excluding carboxylic acids is 1. The van der Waals surface area contributed by atoms with E-state index >= 15 is 8.78 Å². The van der Waals surface area contributed by atoms with Crippen LogP contribution in [0.5, 0.6) is 0 Å². The van der Waals surface area contributed by atoms with Crippen LogP contribution < -0.4 is 0 Å². The number of carboxylic acids is 1. The number of carboxylic acid groups (broad SMARTS) is 1. The first-order valence-electron chi connectivity index (χ1n) is 9.76. The number of ketones is 1. The zero-order valence-corrected chi connectivity index (χ0v) is 16.2. The Morgan fingerprint density at radius 1 is 1.25 bits per heavy atom. The second-order valence-corrected chi connectivity index (χ2v) is 9.57. The van der Waals surface area contributed by atoms with Crippen LogP contribution in [0.2, 0.25) is 0 Å². The number of halogens is 2. The van der Waals surface area contributed by atoms with E-state index in [1.807, 2.05) is 0 Å². The lowest BCUT2D eigenvalue weighted by Crippen LogP contribution is -2.70. The first-order chi connectivity index (χ1) is 12.8. The summed E-state index contributed by atoms with van der Waals surface area (Å²) in [5, 5.41) is 31.8. The number of aliphatic hydroxyl groups excluding tert-OH is 1. The van der Waals surface area contributed by atoms with E-state index in [0.29, 0.717) is 0 Å². The number of fused-ring (bicyclic) bond motifs is 5. The van der Waals surface area contributed by atoms with Crippen LogP contribution in [-0.4, -0.2) is 50.6 Å². The number of carbonyl (C=O) groups is 2. The van der Waals surface area contributed by atoms with Crippen molar-refractivity contribution in [2.75, 3.05) is 0 Å². The van der Waals surface area contributed by atoms with Gasteiger partial charge in [0.1, 0.15) is 6.17 Å². The van der Waals surface area contributed by atoms with E-state index in [1.54, 1.807) is 13.8 Å². The average molecular weight is 396 g/mol. The number of hydrogen-bond donors (Lipinski definition) is 3. The van der Waals surface area contributed by atoms with Gasteiger partial charge in [-0.05, 0) is 55.7 Å². The largest absolute Gasteiger partial charge is 0.479 e.